The highest BCUT2D eigenvalue weighted by atomic mass is 19.1. The summed E-state index contributed by atoms with van der Waals surface area (Å²) in [6.45, 7) is 2.62. The number of fused-ring (bicyclic) bond motifs is 1. The van der Waals surface area contributed by atoms with Gasteiger partial charge in [-0.2, -0.15) is 0 Å². The molecule has 5 heteroatoms. The first kappa shape index (κ1) is 12.1. The van der Waals surface area contributed by atoms with Gasteiger partial charge in [-0.25, -0.2) is 14.1 Å². The van der Waals surface area contributed by atoms with Crippen molar-refractivity contribution in [1.82, 2.24) is 4.90 Å². The average Bonchev–Trinajstić information content (AvgIpc) is 2.65. The molecule has 0 saturated carbocycles. The van der Waals surface area contributed by atoms with Crippen molar-refractivity contribution in [3.05, 3.63) is 30.1 Å². The van der Waals surface area contributed by atoms with E-state index in [-0.39, 0.29) is 29.7 Å². The lowest BCUT2D eigenvalue weighted by Gasteiger charge is -2.31. The number of rotatable bonds is 1. The van der Waals surface area contributed by atoms with E-state index >= 15 is 0 Å². The maximum Gasteiger partial charge on any atom is 0.332 e. The van der Waals surface area contributed by atoms with Crippen LogP contribution in [0.1, 0.15) is 19.8 Å². The lowest BCUT2D eigenvalue weighted by Crippen LogP contribution is -2.44. The number of carbonyl (C=O) groups is 2. The third kappa shape index (κ3) is 1.80. The molecular weight excluding hydrogens is 247 g/mol. The van der Waals surface area contributed by atoms with Gasteiger partial charge in [0.05, 0.1) is 5.69 Å². The smallest absolute Gasteiger partial charge is 0.312 e. The first-order valence-electron chi connectivity index (χ1n) is 6.50. The molecule has 0 bridgehead atoms. The number of imide groups is 1. The summed E-state index contributed by atoms with van der Waals surface area (Å²) in [6, 6.07) is 4.81. The number of amides is 3. The van der Waals surface area contributed by atoms with Crippen LogP contribution in [0.3, 0.4) is 0 Å². The van der Waals surface area contributed by atoms with Gasteiger partial charge in [0.1, 0.15) is 11.9 Å². The van der Waals surface area contributed by atoms with Crippen molar-refractivity contribution >= 4 is 17.6 Å². The Morgan fingerprint density at radius 1 is 1.21 bits per heavy atom. The third-order valence-electron chi connectivity index (χ3n) is 3.93. The van der Waals surface area contributed by atoms with E-state index in [9.17, 15) is 14.0 Å². The molecule has 0 N–H and O–H groups in total. The molecular formula is C14H15FN2O2. The third-order valence-corrected chi connectivity index (χ3v) is 3.93. The molecule has 4 nitrogen and oxygen atoms in total. The summed E-state index contributed by atoms with van der Waals surface area (Å²) < 4.78 is 12.9. The Morgan fingerprint density at radius 3 is 2.53 bits per heavy atom. The Labute approximate surface area is 110 Å². The zero-order valence-electron chi connectivity index (χ0n) is 10.7. The summed E-state index contributed by atoms with van der Waals surface area (Å²) in [4.78, 5) is 27.5. The zero-order chi connectivity index (χ0) is 13.6. The minimum Gasteiger partial charge on any atom is -0.312 e. The van der Waals surface area contributed by atoms with Gasteiger partial charge in [-0.3, -0.25) is 4.79 Å². The molecule has 100 valence electrons. The quantitative estimate of drug-likeness (QED) is 0.729. The predicted octanol–water partition coefficient (Wildman–Crippen LogP) is 2.39. The van der Waals surface area contributed by atoms with E-state index in [4.69, 9.17) is 0 Å². The summed E-state index contributed by atoms with van der Waals surface area (Å²) in [5, 5.41) is 0. The van der Waals surface area contributed by atoms with Crippen LogP contribution >= 0.6 is 0 Å². The van der Waals surface area contributed by atoms with Crippen molar-refractivity contribution in [3.8, 4) is 0 Å². The summed E-state index contributed by atoms with van der Waals surface area (Å²) in [7, 11) is 0. The number of benzene rings is 1. The van der Waals surface area contributed by atoms with Crippen LogP contribution in [0.15, 0.2) is 24.3 Å². The number of anilines is 1. The van der Waals surface area contributed by atoms with Crippen LogP contribution in [0.4, 0.5) is 14.9 Å². The van der Waals surface area contributed by atoms with Gasteiger partial charge in [-0.1, -0.05) is 6.92 Å². The fourth-order valence-electron chi connectivity index (χ4n) is 2.96. The Kier molecular flexibility index (Phi) is 2.77. The maximum atomic E-state index is 12.9. The molecule has 2 atom stereocenters. The molecule has 0 aliphatic carbocycles. The second kappa shape index (κ2) is 4.33. The number of urea groups is 1. The monoisotopic (exact) mass is 262 g/mol. The fourth-order valence-corrected chi connectivity index (χ4v) is 2.96. The minimum atomic E-state index is -0.381. The van der Waals surface area contributed by atoms with Gasteiger partial charge in [0.15, 0.2) is 0 Å². The van der Waals surface area contributed by atoms with E-state index < -0.39 is 0 Å². The van der Waals surface area contributed by atoms with Crippen molar-refractivity contribution in [2.75, 3.05) is 11.4 Å². The molecule has 0 radical (unpaired) electrons. The normalized spacial score (nSPS) is 26.8. The molecule has 2 fully saturated rings. The predicted molar refractivity (Wildman–Crippen MR) is 68.2 cm³/mol. The van der Waals surface area contributed by atoms with Crippen LogP contribution in [0.25, 0.3) is 0 Å². The van der Waals surface area contributed by atoms with E-state index in [0.29, 0.717) is 12.2 Å². The van der Waals surface area contributed by atoms with E-state index in [1.54, 1.807) is 4.90 Å². The number of halogens is 1. The van der Waals surface area contributed by atoms with Crippen LogP contribution in [0, 0.1) is 11.7 Å². The largest absolute Gasteiger partial charge is 0.332 e. The van der Waals surface area contributed by atoms with Gasteiger partial charge in [0.25, 0.3) is 5.91 Å². The zero-order valence-corrected chi connectivity index (χ0v) is 10.7. The van der Waals surface area contributed by atoms with Crippen LogP contribution < -0.4 is 4.90 Å². The molecule has 2 saturated heterocycles. The lowest BCUT2D eigenvalue weighted by atomic mass is 9.91. The van der Waals surface area contributed by atoms with Gasteiger partial charge in [-0.05, 0) is 43.0 Å². The molecule has 0 spiro atoms. The van der Waals surface area contributed by atoms with Gasteiger partial charge in [-0.15, -0.1) is 0 Å². The summed E-state index contributed by atoms with van der Waals surface area (Å²) in [6.07, 6.45) is 1.88. The van der Waals surface area contributed by atoms with Crippen molar-refractivity contribution in [2.45, 2.75) is 25.8 Å². The van der Waals surface area contributed by atoms with Crippen LogP contribution in [-0.2, 0) is 4.79 Å². The highest BCUT2D eigenvalue weighted by molar-refractivity contribution is 6.21. The minimum absolute atomic E-state index is 0.177. The second-order valence-electron chi connectivity index (χ2n) is 5.19. The number of carbonyl (C=O) groups excluding carboxylic acids is 2. The Balaban J connectivity index is 1.97. The summed E-state index contributed by atoms with van der Waals surface area (Å²) >= 11 is 0. The Hall–Kier alpha value is -1.91. The van der Waals surface area contributed by atoms with Crippen molar-refractivity contribution in [2.24, 2.45) is 5.92 Å². The first-order valence-corrected chi connectivity index (χ1v) is 6.50. The molecule has 0 aromatic heterocycles. The van der Waals surface area contributed by atoms with E-state index in [1.807, 2.05) is 6.92 Å². The molecule has 3 amide bonds. The Bertz CT molecular complexity index is 529. The molecule has 2 heterocycles. The van der Waals surface area contributed by atoms with Crippen LogP contribution in [0.5, 0.6) is 0 Å². The highest BCUT2D eigenvalue weighted by Crippen LogP contribution is 2.33. The lowest BCUT2D eigenvalue weighted by molar-refractivity contribution is -0.121. The van der Waals surface area contributed by atoms with Gasteiger partial charge in [0.2, 0.25) is 0 Å². The number of hydrogen-bond donors (Lipinski definition) is 0. The van der Waals surface area contributed by atoms with E-state index in [2.05, 4.69) is 0 Å². The number of hydrogen-bond acceptors (Lipinski definition) is 2. The van der Waals surface area contributed by atoms with Gasteiger partial charge >= 0.3 is 6.03 Å². The van der Waals surface area contributed by atoms with E-state index in [1.165, 1.54) is 29.2 Å². The molecule has 2 aliphatic heterocycles. The van der Waals surface area contributed by atoms with Gasteiger partial charge < -0.3 is 4.90 Å². The highest BCUT2D eigenvalue weighted by Gasteiger charge is 2.49. The van der Waals surface area contributed by atoms with Crippen molar-refractivity contribution in [1.29, 1.82) is 0 Å². The molecule has 2 unspecified atom stereocenters. The topological polar surface area (TPSA) is 40.6 Å². The molecule has 1 aromatic rings. The SMILES string of the molecule is CC1CCCN2C(=O)N(c3ccc(F)cc3)C(=O)C12. The fraction of sp³-hybridized carbons (Fsp3) is 0.429. The van der Waals surface area contributed by atoms with Gasteiger partial charge in [0, 0.05) is 6.54 Å². The van der Waals surface area contributed by atoms with Crippen LogP contribution in [0.2, 0.25) is 0 Å². The van der Waals surface area contributed by atoms with Crippen molar-refractivity contribution < 1.29 is 14.0 Å². The maximum absolute atomic E-state index is 12.9. The molecule has 2 aliphatic rings. The summed E-state index contributed by atoms with van der Waals surface area (Å²) in [5.74, 6) is -0.395. The standard InChI is InChI=1S/C14H15FN2O2/c1-9-3-2-8-16-12(9)13(18)17(14(16)19)11-6-4-10(15)5-7-11/h4-7,9,12H,2-3,8H2,1H3. The Morgan fingerprint density at radius 2 is 1.89 bits per heavy atom. The molecule has 1 aromatic carbocycles. The number of nitrogens with zero attached hydrogens (tertiary/aromatic N) is 2. The average molecular weight is 262 g/mol. The first-order chi connectivity index (χ1) is 9.09. The van der Waals surface area contributed by atoms with Crippen LogP contribution in [-0.4, -0.2) is 29.4 Å². The van der Waals surface area contributed by atoms with E-state index in [0.717, 1.165) is 12.8 Å². The second-order valence-corrected chi connectivity index (χ2v) is 5.19. The number of piperidine rings is 1. The summed E-state index contributed by atoms with van der Waals surface area (Å²) in [5.41, 5.74) is 0.443. The molecule has 3 rings (SSSR count). The van der Waals surface area contributed by atoms with Crippen molar-refractivity contribution in [3.63, 3.8) is 0 Å². The molecule has 19 heavy (non-hydrogen) atoms.